The molecule has 4 heteroatoms. The maximum atomic E-state index is 12.3. The second-order valence-corrected chi connectivity index (χ2v) is 6.24. The fourth-order valence-electron chi connectivity index (χ4n) is 2.97. The molecule has 0 unspecified atom stereocenters. The van der Waals surface area contributed by atoms with Crippen LogP contribution < -0.4 is 9.64 Å². The van der Waals surface area contributed by atoms with Crippen molar-refractivity contribution in [2.24, 2.45) is 0 Å². The minimum atomic E-state index is -0.182. The number of methoxy groups -OCH3 is 1. The molecule has 2 aromatic rings. The number of allylic oxidation sites excluding steroid dienone is 1. The van der Waals surface area contributed by atoms with Crippen molar-refractivity contribution in [2.75, 3.05) is 25.1 Å². The molecule has 0 aromatic heterocycles. The van der Waals surface area contributed by atoms with Gasteiger partial charge in [0.15, 0.2) is 5.78 Å². The van der Waals surface area contributed by atoms with Crippen LogP contribution in [0.2, 0.25) is 0 Å². The molecule has 0 aliphatic carbocycles. The second-order valence-electron chi connectivity index (χ2n) is 6.24. The van der Waals surface area contributed by atoms with Gasteiger partial charge in [-0.1, -0.05) is 18.2 Å². The number of carbonyl (C=O) groups excluding carboxylic acids is 1. The number of piperidine rings is 1. The van der Waals surface area contributed by atoms with Crippen molar-refractivity contribution < 1.29 is 14.6 Å². The quantitative estimate of drug-likeness (QED) is 0.669. The van der Waals surface area contributed by atoms with Crippen LogP contribution in [0.5, 0.6) is 5.75 Å². The fourth-order valence-corrected chi connectivity index (χ4v) is 2.97. The van der Waals surface area contributed by atoms with E-state index in [1.54, 1.807) is 19.3 Å². The first-order valence-electron chi connectivity index (χ1n) is 8.55. The fraction of sp³-hybridized carbons (Fsp3) is 0.286. The Balaban J connectivity index is 1.65. The van der Waals surface area contributed by atoms with Crippen LogP contribution >= 0.6 is 0 Å². The summed E-state index contributed by atoms with van der Waals surface area (Å²) in [6.45, 7) is 1.70. The summed E-state index contributed by atoms with van der Waals surface area (Å²) in [4.78, 5) is 14.6. The van der Waals surface area contributed by atoms with Crippen molar-refractivity contribution in [2.45, 2.75) is 18.9 Å². The van der Waals surface area contributed by atoms with Gasteiger partial charge in [-0.05, 0) is 60.9 Å². The SMILES string of the molecule is COc1cccc(/C=C/C(=O)c2ccc(N3CCC(O)CC3)cc2)c1. The molecule has 2 aromatic carbocycles. The van der Waals surface area contributed by atoms with E-state index >= 15 is 0 Å². The number of hydrogen-bond donors (Lipinski definition) is 1. The zero-order valence-electron chi connectivity index (χ0n) is 14.4. The van der Waals surface area contributed by atoms with Crippen molar-refractivity contribution >= 4 is 17.5 Å². The first kappa shape index (κ1) is 17.2. The average Bonchev–Trinajstić information content (AvgIpc) is 2.67. The van der Waals surface area contributed by atoms with Crippen LogP contribution in [0.3, 0.4) is 0 Å². The largest absolute Gasteiger partial charge is 0.497 e. The van der Waals surface area contributed by atoms with E-state index in [2.05, 4.69) is 4.90 Å². The molecule has 0 atom stereocenters. The summed E-state index contributed by atoms with van der Waals surface area (Å²) in [7, 11) is 1.62. The molecule has 1 saturated heterocycles. The molecule has 0 saturated carbocycles. The molecule has 0 radical (unpaired) electrons. The normalized spacial score (nSPS) is 15.5. The molecule has 1 aliphatic heterocycles. The maximum absolute atomic E-state index is 12.3. The third-order valence-corrected chi connectivity index (χ3v) is 4.50. The first-order chi connectivity index (χ1) is 12.2. The van der Waals surface area contributed by atoms with Gasteiger partial charge in [-0.2, -0.15) is 0 Å². The number of ketones is 1. The summed E-state index contributed by atoms with van der Waals surface area (Å²) in [6.07, 6.45) is 4.79. The summed E-state index contributed by atoms with van der Waals surface area (Å²) in [6, 6.07) is 15.3. The lowest BCUT2D eigenvalue weighted by molar-refractivity contribution is 0.104. The molecule has 0 spiro atoms. The molecule has 1 fully saturated rings. The number of rotatable bonds is 5. The topological polar surface area (TPSA) is 49.8 Å². The van der Waals surface area contributed by atoms with Gasteiger partial charge in [0.1, 0.15) is 5.75 Å². The third-order valence-electron chi connectivity index (χ3n) is 4.50. The number of aliphatic hydroxyl groups excluding tert-OH is 1. The third kappa shape index (κ3) is 4.48. The Morgan fingerprint density at radius 3 is 2.56 bits per heavy atom. The van der Waals surface area contributed by atoms with Crippen LogP contribution in [0.15, 0.2) is 54.6 Å². The summed E-state index contributed by atoms with van der Waals surface area (Å²) in [5.74, 6) is 0.744. The van der Waals surface area contributed by atoms with E-state index in [4.69, 9.17) is 4.74 Å². The van der Waals surface area contributed by atoms with Crippen molar-refractivity contribution in [3.8, 4) is 5.75 Å². The molecule has 0 bridgehead atoms. The second kappa shape index (κ2) is 7.99. The Bertz CT molecular complexity index is 744. The Morgan fingerprint density at radius 1 is 1.16 bits per heavy atom. The molecule has 25 heavy (non-hydrogen) atoms. The predicted octanol–water partition coefficient (Wildman–Crippen LogP) is 3.55. The highest BCUT2D eigenvalue weighted by molar-refractivity contribution is 6.07. The molecule has 3 rings (SSSR count). The maximum Gasteiger partial charge on any atom is 0.185 e. The van der Waals surface area contributed by atoms with E-state index in [1.165, 1.54) is 0 Å². The predicted molar refractivity (Wildman–Crippen MR) is 100 cm³/mol. The van der Waals surface area contributed by atoms with Gasteiger partial charge in [0.25, 0.3) is 0 Å². The van der Waals surface area contributed by atoms with E-state index in [9.17, 15) is 9.90 Å². The molecule has 130 valence electrons. The Kier molecular flexibility index (Phi) is 5.51. The van der Waals surface area contributed by atoms with E-state index in [1.807, 2.05) is 48.5 Å². The molecule has 1 aliphatic rings. The summed E-state index contributed by atoms with van der Waals surface area (Å²) in [5.41, 5.74) is 2.69. The Morgan fingerprint density at radius 2 is 1.88 bits per heavy atom. The summed E-state index contributed by atoms with van der Waals surface area (Å²) < 4.78 is 5.18. The zero-order chi connectivity index (χ0) is 17.6. The number of nitrogens with zero attached hydrogens (tertiary/aromatic N) is 1. The highest BCUT2D eigenvalue weighted by Gasteiger charge is 2.17. The van der Waals surface area contributed by atoms with Crippen molar-refractivity contribution in [1.82, 2.24) is 0 Å². The van der Waals surface area contributed by atoms with Crippen molar-refractivity contribution in [1.29, 1.82) is 0 Å². The number of anilines is 1. The van der Waals surface area contributed by atoms with E-state index < -0.39 is 0 Å². The van der Waals surface area contributed by atoms with Crippen molar-refractivity contribution in [3.05, 3.63) is 65.7 Å². The van der Waals surface area contributed by atoms with Crippen LogP contribution in [-0.4, -0.2) is 37.2 Å². The molecule has 1 N–H and O–H groups in total. The molecular formula is C21H23NO3. The Labute approximate surface area is 148 Å². The Hall–Kier alpha value is -2.59. The first-order valence-corrected chi connectivity index (χ1v) is 8.55. The van der Waals surface area contributed by atoms with E-state index in [-0.39, 0.29) is 11.9 Å². The van der Waals surface area contributed by atoms with Gasteiger partial charge in [-0.25, -0.2) is 0 Å². The van der Waals surface area contributed by atoms with Gasteiger partial charge in [-0.3, -0.25) is 4.79 Å². The lowest BCUT2D eigenvalue weighted by Crippen LogP contribution is -2.35. The number of carbonyl (C=O) groups is 1. The van der Waals surface area contributed by atoms with Crippen LogP contribution in [0.1, 0.15) is 28.8 Å². The van der Waals surface area contributed by atoms with Gasteiger partial charge in [-0.15, -0.1) is 0 Å². The molecule has 4 nitrogen and oxygen atoms in total. The minimum Gasteiger partial charge on any atom is -0.497 e. The van der Waals surface area contributed by atoms with E-state index in [0.29, 0.717) is 5.56 Å². The van der Waals surface area contributed by atoms with Crippen LogP contribution in [0, 0.1) is 0 Å². The monoisotopic (exact) mass is 337 g/mol. The van der Waals surface area contributed by atoms with Gasteiger partial charge in [0, 0.05) is 24.3 Å². The van der Waals surface area contributed by atoms with Crippen LogP contribution in [-0.2, 0) is 0 Å². The smallest absolute Gasteiger partial charge is 0.185 e. The van der Waals surface area contributed by atoms with Gasteiger partial charge < -0.3 is 14.7 Å². The summed E-state index contributed by atoms with van der Waals surface area (Å²) in [5, 5.41) is 9.59. The van der Waals surface area contributed by atoms with E-state index in [0.717, 1.165) is 42.9 Å². The van der Waals surface area contributed by atoms with Gasteiger partial charge in [0.2, 0.25) is 0 Å². The highest BCUT2D eigenvalue weighted by atomic mass is 16.5. The number of ether oxygens (including phenoxy) is 1. The van der Waals surface area contributed by atoms with Gasteiger partial charge in [0.05, 0.1) is 13.2 Å². The number of hydrogen-bond acceptors (Lipinski definition) is 4. The standard InChI is InChI=1S/C21H23NO3/c1-25-20-4-2-3-16(15-20)5-10-21(24)17-6-8-18(9-7-17)22-13-11-19(23)12-14-22/h2-10,15,19,23H,11-14H2,1H3/b10-5+. The molecular weight excluding hydrogens is 314 g/mol. The van der Waals surface area contributed by atoms with Crippen LogP contribution in [0.25, 0.3) is 6.08 Å². The summed E-state index contributed by atoms with van der Waals surface area (Å²) >= 11 is 0. The minimum absolute atomic E-state index is 0.0246. The highest BCUT2D eigenvalue weighted by Crippen LogP contribution is 2.21. The molecule has 1 heterocycles. The molecule has 0 amide bonds. The zero-order valence-corrected chi connectivity index (χ0v) is 14.4. The number of benzene rings is 2. The lowest BCUT2D eigenvalue weighted by atomic mass is 10.1. The lowest BCUT2D eigenvalue weighted by Gasteiger charge is -2.31. The number of aliphatic hydroxyl groups is 1. The van der Waals surface area contributed by atoms with Crippen LogP contribution in [0.4, 0.5) is 5.69 Å². The van der Waals surface area contributed by atoms with Gasteiger partial charge >= 0.3 is 0 Å². The van der Waals surface area contributed by atoms with Crippen molar-refractivity contribution in [3.63, 3.8) is 0 Å². The average molecular weight is 337 g/mol.